The molecule has 0 unspecified atom stereocenters. The lowest BCUT2D eigenvalue weighted by Gasteiger charge is -2.30. The summed E-state index contributed by atoms with van der Waals surface area (Å²) in [5, 5.41) is 19.1. The lowest BCUT2D eigenvalue weighted by Crippen LogP contribution is -2.48. The largest absolute Gasteiger partial charge is 0.465 e. The average Bonchev–Trinajstić information content (AvgIpc) is 2.03. The minimum Gasteiger partial charge on any atom is -0.465 e. The van der Waals surface area contributed by atoms with Gasteiger partial charge in [-0.25, -0.2) is 9.18 Å². The second-order valence-corrected chi connectivity index (χ2v) is 2.95. The summed E-state index contributed by atoms with van der Waals surface area (Å²) >= 11 is 0. The van der Waals surface area contributed by atoms with Crippen LogP contribution in [0.3, 0.4) is 0 Å². The smallest absolute Gasteiger partial charge is 0.404 e. The van der Waals surface area contributed by atoms with E-state index in [2.05, 4.69) is 5.32 Å². The molecule has 1 rings (SSSR count). The first kappa shape index (κ1) is 10.2. The first-order valence-electron chi connectivity index (χ1n) is 3.99. The molecule has 1 saturated heterocycles. The highest BCUT2D eigenvalue weighted by Crippen LogP contribution is 2.17. The zero-order chi connectivity index (χ0) is 9.84. The van der Waals surface area contributed by atoms with E-state index in [4.69, 9.17) is 14.9 Å². The zero-order valence-corrected chi connectivity index (χ0v) is 6.94. The second kappa shape index (κ2) is 4.38. The summed E-state index contributed by atoms with van der Waals surface area (Å²) < 4.78 is 17.9. The maximum Gasteiger partial charge on any atom is 0.404 e. The van der Waals surface area contributed by atoms with E-state index in [9.17, 15) is 9.18 Å². The van der Waals surface area contributed by atoms with Gasteiger partial charge in [-0.1, -0.05) is 0 Å². The number of alkyl halides is 1. The van der Waals surface area contributed by atoms with E-state index >= 15 is 0 Å². The first-order valence-corrected chi connectivity index (χ1v) is 3.99. The lowest BCUT2D eigenvalue weighted by atomic mass is 10.0. The average molecular weight is 193 g/mol. The van der Waals surface area contributed by atoms with Gasteiger partial charge in [-0.05, 0) is 0 Å². The molecule has 1 aliphatic heterocycles. The molecule has 1 heterocycles. The highest BCUT2D eigenvalue weighted by atomic mass is 19.1. The molecule has 0 aromatic heterocycles. The molecule has 0 saturated carbocycles. The maximum atomic E-state index is 13.0. The molecule has 1 amide bonds. The second-order valence-electron chi connectivity index (χ2n) is 2.95. The number of halogens is 1. The third kappa shape index (κ3) is 2.82. The standard InChI is InChI=1S/C7H12FNO4/c8-5-1-4(9-7(11)12)3-13-6(5)2-10/h4-6,9-10H,1-3H2,(H,11,12)/t4-,5+,6-/m1/s1. The summed E-state index contributed by atoms with van der Waals surface area (Å²) in [6.07, 6.45) is -3.26. The van der Waals surface area contributed by atoms with Crippen molar-refractivity contribution in [2.75, 3.05) is 13.2 Å². The molecule has 5 nitrogen and oxygen atoms in total. The SMILES string of the molecule is O=C(O)N[C@H]1CO[C@H](CO)[C@@H](F)C1. The molecular formula is C7H12FNO4. The number of amides is 1. The van der Waals surface area contributed by atoms with Crippen molar-refractivity contribution in [1.29, 1.82) is 0 Å². The van der Waals surface area contributed by atoms with Crippen LogP contribution in [0.4, 0.5) is 9.18 Å². The Balaban J connectivity index is 2.36. The van der Waals surface area contributed by atoms with Gasteiger partial charge in [0.1, 0.15) is 12.3 Å². The van der Waals surface area contributed by atoms with Crippen LogP contribution in [0.25, 0.3) is 0 Å². The fraction of sp³-hybridized carbons (Fsp3) is 0.857. The van der Waals surface area contributed by atoms with Gasteiger partial charge < -0.3 is 20.3 Å². The molecule has 6 heteroatoms. The van der Waals surface area contributed by atoms with Crippen LogP contribution in [-0.2, 0) is 4.74 Å². The molecule has 0 bridgehead atoms. The van der Waals surface area contributed by atoms with Crippen molar-refractivity contribution in [1.82, 2.24) is 5.32 Å². The maximum absolute atomic E-state index is 13.0. The van der Waals surface area contributed by atoms with Gasteiger partial charge >= 0.3 is 6.09 Å². The van der Waals surface area contributed by atoms with Crippen molar-refractivity contribution < 1.29 is 24.1 Å². The summed E-state index contributed by atoms with van der Waals surface area (Å²) in [6.45, 7) is -0.265. The number of ether oxygens (including phenoxy) is 1. The number of nitrogens with one attached hydrogen (secondary N) is 1. The van der Waals surface area contributed by atoms with Gasteiger partial charge in [0.25, 0.3) is 0 Å². The molecular weight excluding hydrogens is 181 g/mol. The predicted octanol–water partition coefficient (Wildman–Crippen LogP) is -0.258. The number of carbonyl (C=O) groups is 1. The van der Waals surface area contributed by atoms with E-state index in [1.165, 1.54) is 0 Å². The topological polar surface area (TPSA) is 78.8 Å². The lowest BCUT2D eigenvalue weighted by molar-refractivity contribution is -0.0768. The minimum atomic E-state index is -1.31. The van der Waals surface area contributed by atoms with Crippen LogP contribution in [0.5, 0.6) is 0 Å². The number of rotatable bonds is 2. The van der Waals surface area contributed by atoms with Gasteiger partial charge in [-0.2, -0.15) is 0 Å². The number of hydrogen-bond donors (Lipinski definition) is 3. The summed E-state index contributed by atoms with van der Waals surface area (Å²) in [5.74, 6) is 0. The predicted molar refractivity (Wildman–Crippen MR) is 41.3 cm³/mol. The molecule has 1 fully saturated rings. The molecule has 0 radical (unpaired) electrons. The van der Waals surface area contributed by atoms with Crippen molar-refractivity contribution >= 4 is 6.09 Å². The normalized spacial score (nSPS) is 34.2. The Hall–Kier alpha value is -0.880. The molecule has 1 aliphatic rings. The molecule has 0 spiro atoms. The summed E-state index contributed by atoms with van der Waals surface area (Å²) in [7, 11) is 0. The van der Waals surface area contributed by atoms with Crippen molar-refractivity contribution in [2.45, 2.75) is 24.7 Å². The fourth-order valence-corrected chi connectivity index (χ4v) is 1.28. The van der Waals surface area contributed by atoms with Crippen molar-refractivity contribution in [3.8, 4) is 0 Å². The number of hydrogen-bond acceptors (Lipinski definition) is 3. The van der Waals surface area contributed by atoms with E-state index in [-0.39, 0.29) is 19.6 Å². The van der Waals surface area contributed by atoms with Gasteiger partial charge in [-0.3, -0.25) is 0 Å². The Morgan fingerprint density at radius 1 is 1.69 bits per heavy atom. The Bertz CT molecular complexity index is 189. The third-order valence-corrected chi connectivity index (χ3v) is 1.93. The van der Waals surface area contributed by atoms with Gasteiger partial charge in [0.15, 0.2) is 0 Å². The molecule has 76 valence electrons. The van der Waals surface area contributed by atoms with Crippen LogP contribution in [0, 0.1) is 0 Å². The Labute approximate surface area is 74.5 Å². The van der Waals surface area contributed by atoms with Crippen LogP contribution in [-0.4, -0.2) is 47.8 Å². The molecule has 13 heavy (non-hydrogen) atoms. The van der Waals surface area contributed by atoms with E-state index in [1.807, 2.05) is 0 Å². The van der Waals surface area contributed by atoms with E-state index in [0.29, 0.717) is 0 Å². The van der Waals surface area contributed by atoms with E-state index in [0.717, 1.165) is 0 Å². The van der Waals surface area contributed by atoms with E-state index in [1.54, 1.807) is 0 Å². The quantitative estimate of drug-likeness (QED) is 0.564. The van der Waals surface area contributed by atoms with Gasteiger partial charge in [0.05, 0.1) is 19.3 Å². The van der Waals surface area contributed by atoms with Crippen molar-refractivity contribution in [3.05, 3.63) is 0 Å². The van der Waals surface area contributed by atoms with Gasteiger partial charge in [0.2, 0.25) is 0 Å². The highest BCUT2D eigenvalue weighted by molar-refractivity contribution is 5.64. The van der Waals surface area contributed by atoms with Crippen LogP contribution in [0.15, 0.2) is 0 Å². The molecule has 0 aromatic rings. The van der Waals surface area contributed by atoms with Crippen LogP contribution in [0.2, 0.25) is 0 Å². The van der Waals surface area contributed by atoms with Crippen molar-refractivity contribution in [2.24, 2.45) is 0 Å². The van der Waals surface area contributed by atoms with E-state index < -0.39 is 24.4 Å². The first-order chi connectivity index (χ1) is 6.13. The zero-order valence-electron chi connectivity index (χ0n) is 6.94. The number of aliphatic hydroxyl groups is 1. The Kier molecular flexibility index (Phi) is 3.44. The van der Waals surface area contributed by atoms with Gasteiger partial charge in [-0.15, -0.1) is 0 Å². The minimum absolute atomic E-state index is 0.0531. The Morgan fingerprint density at radius 3 is 2.85 bits per heavy atom. The van der Waals surface area contributed by atoms with Crippen LogP contribution >= 0.6 is 0 Å². The molecule has 0 aliphatic carbocycles. The molecule has 3 N–H and O–H groups in total. The Morgan fingerprint density at radius 2 is 2.38 bits per heavy atom. The van der Waals surface area contributed by atoms with Crippen LogP contribution < -0.4 is 5.32 Å². The molecule has 3 atom stereocenters. The summed E-state index contributed by atoms with van der Waals surface area (Å²) in [6, 6.07) is -0.518. The number of carboxylic acid groups (broad SMARTS) is 1. The third-order valence-electron chi connectivity index (χ3n) is 1.93. The van der Waals surface area contributed by atoms with Gasteiger partial charge in [0, 0.05) is 6.42 Å². The molecule has 0 aromatic carbocycles. The van der Waals surface area contributed by atoms with Crippen LogP contribution in [0.1, 0.15) is 6.42 Å². The summed E-state index contributed by atoms with van der Waals surface area (Å²) in [5.41, 5.74) is 0. The highest BCUT2D eigenvalue weighted by Gasteiger charge is 2.31. The summed E-state index contributed by atoms with van der Waals surface area (Å²) in [4.78, 5) is 10.2. The monoisotopic (exact) mass is 193 g/mol. The fourth-order valence-electron chi connectivity index (χ4n) is 1.28. The van der Waals surface area contributed by atoms with Crippen molar-refractivity contribution in [3.63, 3.8) is 0 Å². The number of aliphatic hydroxyl groups excluding tert-OH is 1.